The van der Waals surface area contributed by atoms with Crippen LogP contribution in [0.2, 0.25) is 0 Å². The Balaban J connectivity index is 1.89. The molecule has 2 heterocycles. The molecule has 0 saturated carbocycles. The predicted octanol–water partition coefficient (Wildman–Crippen LogP) is 1.62. The number of hydrogen-bond donors (Lipinski definition) is 7. The summed E-state index contributed by atoms with van der Waals surface area (Å²) in [5.41, 5.74) is 1.30. The summed E-state index contributed by atoms with van der Waals surface area (Å²) < 4.78 is 15.5. The van der Waals surface area contributed by atoms with Crippen LogP contribution in [-0.2, 0) is 0 Å². The van der Waals surface area contributed by atoms with Crippen molar-refractivity contribution in [1.29, 1.82) is 0 Å². The third-order valence-corrected chi connectivity index (χ3v) is 5.22. The van der Waals surface area contributed by atoms with Gasteiger partial charge in [-0.05, 0) is 6.07 Å². The topological polar surface area (TPSA) is 234 Å². The van der Waals surface area contributed by atoms with Crippen molar-refractivity contribution in [1.82, 2.24) is 0 Å². The van der Waals surface area contributed by atoms with Gasteiger partial charge in [0.25, 0.3) is 5.91 Å². The quantitative estimate of drug-likeness (QED) is 0.113. The molecule has 5 rings (SSSR count). The lowest BCUT2D eigenvalue weighted by Gasteiger charge is -2.16. The Hall–Kier alpha value is -5.33. The highest BCUT2D eigenvalue weighted by Crippen LogP contribution is 2.50. The Bertz CT molecular complexity index is 1810. The van der Waals surface area contributed by atoms with Gasteiger partial charge < -0.3 is 49.9 Å². The summed E-state index contributed by atoms with van der Waals surface area (Å²) in [7, 11) is 0. The van der Waals surface area contributed by atoms with Crippen LogP contribution in [0.25, 0.3) is 32.7 Å². The molecule has 0 radical (unpaired) electrons. The Morgan fingerprint density at radius 3 is 1.85 bits per heavy atom. The first-order valence-electron chi connectivity index (χ1n) is 9.20. The lowest BCUT2D eigenvalue weighted by atomic mass is 10.0. The van der Waals surface area contributed by atoms with Gasteiger partial charge in [0.05, 0.1) is 16.3 Å². The average molecular weight is 469 g/mol. The molecular weight excluding hydrogens is 458 g/mol. The summed E-state index contributed by atoms with van der Waals surface area (Å²) in [6.45, 7) is 0. The molecule has 5 aromatic rings. The van der Waals surface area contributed by atoms with E-state index >= 15 is 0 Å². The number of phenolic OH excluding ortho intramolecular Hbond substituents is 6. The molecule has 1 amide bonds. The summed E-state index contributed by atoms with van der Waals surface area (Å²) >= 11 is 0. The smallest absolute Gasteiger partial charge is 0.344 e. The highest BCUT2D eigenvalue weighted by atomic mass is 16.5. The molecule has 0 spiro atoms. The second kappa shape index (κ2) is 6.59. The van der Waals surface area contributed by atoms with Gasteiger partial charge in [-0.2, -0.15) is 0 Å². The van der Waals surface area contributed by atoms with Crippen LogP contribution in [0.3, 0.4) is 0 Å². The minimum atomic E-state index is -1.20. The second-order valence-corrected chi connectivity index (χ2v) is 7.19. The van der Waals surface area contributed by atoms with Crippen molar-refractivity contribution in [3.05, 3.63) is 44.6 Å². The molecule has 2 aromatic heterocycles. The van der Waals surface area contributed by atoms with Crippen molar-refractivity contribution in [2.45, 2.75) is 0 Å². The number of rotatable bonds is 3. The van der Waals surface area contributed by atoms with Gasteiger partial charge in [-0.1, -0.05) is 0 Å². The summed E-state index contributed by atoms with van der Waals surface area (Å²) in [6.07, 6.45) is 0. The Kier molecular flexibility index (Phi) is 3.98. The molecule has 0 aliphatic heterocycles. The summed E-state index contributed by atoms with van der Waals surface area (Å²) in [4.78, 5) is 36.9. The van der Waals surface area contributed by atoms with Crippen molar-refractivity contribution in [2.24, 2.45) is 5.73 Å². The van der Waals surface area contributed by atoms with Crippen LogP contribution in [0, 0.1) is 0 Å². The van der Waals surface area contributed by atoms with Crippen LogP contribution in [0.15, 0.2) is 36.6 Å². The molecule has 0 aliphatic rings. The fourth-order valence-corrected chi connectivity index (χ4v) is 3.67. The Morgan fingerprint density at radius 1 is 0.735 bits per heavy atom. The third-order valence-electron chi connectivity index (χ3n) is 5.22. The summed E-state index contributed by atoms with van der Waals surface area (Å²) in [6, 6.07) is 2.50. The van der Waals surface area contributed by atoms with Gasteiger partial charge in [-0.15, -0.1) is 0 Å². The first-order chi connectivity index (χ1) is 16.0. The lowest BCUT2D eigenvalue weighted by molar-refractivity contribution is 0.0996. The zero-order chi connectivity index (χ0) is 24.6. The number of ether oxygens (including phenoxy) is 1. The van der Waals surface area contributed by atoms with Crippen molar-refractivity contribution in [3.63, 3.8) is 0 Å². The van der Waals surface area contributed by atoms with E-state index in [0.717, 1.165) is 12.1 Å². The van der Waals surface area contributed by atoms with Crippen LogP contribution in [0.4, 0.5) is 0 Å². The first kappa shape index (κ1) is 20.6. The van der Waals surface area contributed by atoms with Crippen LogP contribution in [0.5, 0.6) is 46.0 Å². The minimum Gasteiger partial charge on any atom is -0.504 e. The monoisotopic (exact) mass is 469 g/mol. The summed E-state index contributed by atoms with van der Waals surface area (Å²) in [5.74, 6) is -8.17. The molecule has 0 bridgehead atoms. The van der Waals surface area contributed by atoms with E-state index in [1.807, 2.05) is 0 Å². The SMILES string of the molecule is NC(=O)c1cc(O)c(O)c(O)c1Oc1cc2c(=O)oc3c(O)c(O)cc4c(=O)oc(c1O)c2c34. The molecule has 0 saturated heterocycles. The van der Waals surface area contributed by atoms with Gasteiger partial charge in [-0.25, -0.2) is 9.59 Å². The number of aromatic hydroxyl groups is 6. The molecule has 34 heavy (non-hydrogen) atoms. The van der Waals surface area contributed by atoms with Crippen molar-refractivity contribution >= 4 is 38.6 Å². The maximum Gasteiger partial charge on any atom is 0.344 e. The van der Waals surface area contributed by atoms with Crippen LogP contribution >= 0.6 is 0 Å². The molecule has 0 aliphatic carbocycles. The highest BCUT2D eigenvalue weighted by molar-refractivity contribution is 6.22. The van der Waals surface area contributed by atoms with Crippen molar-refractivity contribution in [3.8, 4) is 46.0 Å². The fourth-order valence-electron chi connectivity index (χ4n) is 3.67. The number of hydrogen-bond acceptors (Lipinski definition) is 12. The number of amides is 1. The maximum absolute atomic E-state index is 12.6. The van der Waals surface area contributed by atoms with Gasteiger partial charge >= 0.3 is 11.3 Å². The van der Waals surface area contributed by atoms with E-state index in [1.165, 1.54) is 0 Å². The van der Waals surface area contributed by atoms with Gasteiger partial charge in [0.15, 0.2) is 34.2 Å². The van der Waals surface area contributed by atoms with E-state index in [0.29, 0.717) is 6.07 Å². The van der Waals surface area contributed by atoms with Crippen LogP contribution in [0.1, 0.15) is 10.4 Å². The molecule has 0 unspecified atom stereocenters. The first-order valence-corrected chi connectivity index (χ1v) is 9.20. The minimum absolute atomic E-state index is 0.138. The van der Waals surface area contributed by atoms with Gasteiger partial charge in [0, 0.05) is 22.9 Å². The number of carbonyl (C=O) groups is 1. The summed E-state index contributed by atoms with van der Waals surface area (Å²) in [5, 5.41) is 59.4. The highest BCUT2D eigenvalue weighted by Gasteiger charge is 2.28. The maximum atomic E-state index is 12.6. The van der Waals surface area contributed by atoms with E-state index in [-0.39, 0.29) is 21.5 Å². The number of nitrogens with two attached hydrogens (primary N) is 1. The molecular formula is C21H11NO12. The van der Waals surface area contributed by atoms with Crippen LogP contribution < -0.4 is 21.7 Å². The number of primary amides is 1. The van der Waals surface area contributed by atoms with E-state index in [2.05, 4.69) is 0 Å². The molecule has 172 valence electrons. The Labute approximate surface area is 184 Å². The molecule has 3 aromatic carbocycles. The number of phenols is 6. The molecule has 13 heteroatoms. The molecule has 0 fully saturated rings. The normalized spacial score (nSPS) is 11.5. The largest absolute Gasteiger partial charge is 0.504 e. The zero-order valence-corrected chi connectivity index (χ0v) is 16.4. The third kappa shape index (κ3) is 2.57. The molecule has 13 nitrogen and oxygen atoms in total. The van der Waals surface area contributed by atoms with E-state index < -0.39 is 79.9 Å². The van der Waals surface area contributed by atoms with Gasteiger partial charge in [0.2, 0.25) is 23.0 Å². The van der Waals surface area contributed by atoms with Gasteiger partial charge in [-0.3, -0.25) is 4.79 Å². The fraction of sp³-hybridized carbons (Fsp3) is 0. The van der Waals surface area contributed by atoms with Crippen molar-refractivity contribution in [2.75, 3.05) is 0 Å². The Morgan fingerprint density at radius 2 is 1.26 bits per heavy atom. The zero-order valence-electron chi connectivity index (χ0n) is 16.4. The van der Waals surface area contributed by atoms with E-state index in [9.17, 15) is 45.0 Å². The van der Waals surface area contributed by atoms with E-state index in [1.54, 1.807) is 0 Å². The molecule has 8 N–H and O–H groups in total. The lowest BCUT2D eigenvalue weighted by Crippen LogP contribution is -2.12. The number of benzene rings is 3. The van der Waals surface area contributed by atoms with E-state index in [4.69, 9.17) is 19.3 Å². The standard InChI is InChI=1S/C21H11NO12/c22-19(29)6-2-7(23)12(25)15(28)16(6)32-9-3-5-11-10-4(20(30)34-18(11)14(9)27)1-8(24)13(26)17(10)33-21(5)31/h1-3,23-28H,(H2,22,29). The van der Waals surface area contributed by atoms with Crippen molar-refractivity contribution < 1.29 is 49.0 Å². The second-order valence-electron chi connectivity index (χ2n) is 7.19. The predicted molar refractivity (Wildman–Crippen MR) is 112 cm³/mol. The average Bonchev–Trinajstić information content (AvgIpc) is 2.78. The number of carbonyl (C=O) groups excluding carboxylic acids is 1. The molecule has 0 atom stereocenters. The van der Waals surface area contributed by atoms with Crippen LogP contribution in [-0.4, -0.2) is 36.5 Å². The van der Waals surface area contributed by atoms with Gasteiger partial charge in [0.1, 0.15) is 0 Å².